The molecule has 2 aromatic carbocycles. The van der Waals surface area contributed by atoms with Crippen molar-refractivity contribution < 1.29 is 61.0 Å². The first kappa shape index (κ1) is 20.3. The number of allylic oxidation sites excluding steroid dienone is 1. The molecule has 0 aliphatic carbocycles. The SMILES string of the molecule is C=CCn1c([S-])nnc1CCN1C(=O)c2cccc3cccc(c23)C1=O.[K+]. The third kappa shape index (κ3) is 3.53. The van der Waals surface area contributed by atoms with E-state index < -0.39 is 0 Å². The van der Waals surface area contributed by atoms with Gasteiger partial charge in [0.1, 0.15) is 5.82 Å². The van der Waals surface area contributed by atoms with Crippen molar-refractivity contribution >= 4 is 35.2 Å². The first-order valence-electron chi connectivity index (χ1n) is 8.19. The van der Waals surface area contributed by atoms with Gasteiger partial charge in [-0.3, -0.25) is 14.5 Å². The molecular formula is C19H15KN4O2S. The molecule has 0 saturated carbocycles. The van der Waals surface area contributed by atoms with E-state index in [1.54, 1.807) is 22.8 Å². The van der Waals surface area contributed by atoms with Crippen LogP contribution in [-0.2, 0) is 25.6 Å². The van der Waals surface area contributed by atoms with Crippen LogP contribution in [0.4, 0.5) is 0 Å². The Kier molecular flexibility index (Phi) is 6.24. The van der Waals surface area contributed by atoms with Crippen LogP contribution in [0.5, 0.6) is 0 Å². The molecule has 6 nitrogen and oxygen atoms in total. The van der Waals surface area contributed by atoms with Gasteiger partial charge in [-0.1, -0.05) is 30.3 Å². The molecular weight excluding hydrogens is 387 g/mol. The average Bonchev–Trinajstić information content (AvgIpc) is 3.00. The van der Waals surface area contributed by atoms with Gasteiger partial charge in [-0.05, 0) is 17.5 Å². The van der Waals surface area contributed by atoms with Crippen LogP contribution in [-0.4, -0.2) is 38.0 Å². The number of carbonyl (C=O) groups excluding carboxylic acids is 2. The third-order valence-electron chi connectivity index (χ3n) is 4.52. The Bertz CT molecular complexity index is 1010. The van der Waals surface area contributed by atoms with Gasteiger partial charge in [-0.25, -0.2) is 0 Å². The molecule has 4 rings (SSSR count). The van der Waals surface area contributed by atoms with Crippen LogP contribution in [0.2, 0.25) is 0 Å². The summed E-state index contributed by atoms with van der Waals surface area (Å²) >= 11 is 5.14. The van der Waals surface area contributed by atoms with E-state index in [1.165, 1.54) is 4.90 Å². The average molecular weight is 403 g/mol. The van der Waals surface area contributed by atoms with Gasteiger partial charge in [0.2, 0.25) is 0 Å². The number of aromatic nitrogens is 3. The molecule has 1 aromatic heterocycles. The predicted octanol–water partition coefficient (Wildman–Crippen LogP) is -0.634. The van der Waals surface area contributed by atoms with Gasteiger partial charge >= 0.3 is 51.4 Å². The fraction of sp³-hybridized carbons (Fsp3) is 0.158. The quantitative estimate of drug-likeness (QED) is 0.246. The number of rotatable bonds is 5. The molecule has 1 aliphatic rings. The smallest absolute Gasteiger partial charge is 0.740 e. The fourth-order valence-corrected chi connectivity index (χ4v) is 3.53. The summed E-state index contributed by atoms with van der Waals surface area (Å²) in [5.74, 6) is 0.0629. The molecule has 0 saturated heterocycles. The van der Waals surface area contributed by atoms with Crippen molar-refractivity contribution in [3.8, 4) is 0 Å². The van der Waals surface area contributed by atoms with Gasteiger partial charge in [0.05, 0.1) is 0 Å². The van der Waals surface area contributed by atoms with Crippen LogP contribution in [0.1, 0.15) is 26.5 Å². The molecule has 0 atom stereocenters. The van der Waals surface area contributed by atoms with Crippen LogP contribution in [0, 0.1) is 0 Å². The molecule has 130 valence electrons. The minimum Gasteiger partial charge on any atom is -0.740 e. The van der Waals surface area contributed by atoms with Gasteiger partial charge in [0, 0.05) is 41.2 Å². The molecule has 0 radical (unpaired) electrons. The minimum absolute atomic E-state index is 0. The molecule has 0 N–H and O–H groups in total. The van der Waals surface area contributed by atoms with Crippen LogP contribution < -0.4 is 51.4 Å². The van der Waals surface area contributed by atoms with Gasteiger partial charge in [-0.2, -0.15) is 5.10 Å². The van der Waals surface area contributed by atoms with Crippen molar-refractivity contribution in [2.75, 3.05) is 6.54 Å². The number of benzene rings is 2. The second kappa shape index (κ2) is 8.30. The van der Waals surface area contributed by atoms with Gasteiger partial charge in [-0.15, -0.1) is 11.7 Å². The first-order valence-corrected chi connectivity index (χ1v) is 8.60. The van der Waals surface area contributed by atoms with E-state index in [4.69, 9.17) is 12.6 Å². The molecule has 0 unspecified atom stereocenters. The van der Waals surface area contributed by atoms with Gasteiger partial charge < -0.3 is 17.2 Å². The Morgan fingerprint density at radius 2 is 1.67 bits per heavy atom. The summed E-state index contributed by atoms with van der Waals surface area (Å²) in [6, 6.07) is 11.0. The first-order chi connectivity index (χ1) is 12.6. The van der Waals surface area contributed by atoms with E-state index in [0.717, 1.165) is 10.8 Å². The zero-order valence-corrected chi connectivity index (χ0v) is 18.8. The Morgan fingerprint density at radius 1 is 1.04 bits per heavy atom. The summed E-state index contributed by atoms with van der Waals surface area (Å²) in [6.07, 6.45) is 2.09. The topological polar surface area (TPSA) is 68.1 Å². The largest absolute Gasteiger partial charge is 1.00 e. The number of hydrogen-bond acceptors (Lipinski definition) is 5. The van der Waals surface area contributed by atoms with Gasteiger partial charge in [0.25, 0.3) is 11.8 Å². The summed E-state index contributed by atoms with van der Waals surface area (Å²) < 4.78 is 1.75. The Labute approximate surface area is 204 Å². The van der Waals surface area contributed by atoms with Crippen molar-refractivity contribution in [3.05, 3.63) is 66.0 Å². The Balaban J connectivity index is 0.00000210. The normalized spacial score (nSPS) is 13.0. The van der Waals surface area contributed by atoms with E-state index in [2.05, 4.69) is 16.8 Å². The van der Waals surface area contributed by atoms with Gasteiger partial charge in [0.15, 0.2) is 0 Å². The van der Waals surface area contributed by atoms with Crippen molar-refractivity contribution in [3.63, 3.8) is 0 Å². The zero-order valence-electron chi connectivity index (χ0n) is 14.9. The molecule has 0 fully saturated rings. The number of amides is 2. The summed E-state index contributed by atoms with van der Waals surface area (Å²) in [6.45, 7) is 4.40. The van der Waals surface area contributed by atoms with Crippen molar-refractivity contribution in [2.24, 2.45) is 0 Å². The summed E-state index contributed by atoms with van der Waals surface area (Å²) in [5, 5.41) is 9.94. The summed E-state index contributed by atoms with van der Waals surface area (Å²) in [4.78, 5) is 27.0. The fourth-order valence-electron chi connectivity index (χ4n) is 3.31. The van der Waals surface area contributed by atoms with E-state index in [9.17, 15) is 9.59 Å². The molecule has 0 bridgehead atoms. The Hall–Kier alpha value is -1.42. The van der Waals surface area contributed by atoms with E-state index in [1.807, 2.05) is 24.3 Å². The van der Waals surface area contributed by atoms with Crippen molar-refractivity contribution in [2.45, 2.75) is 18.1 Å². The molecule has 2 heterocycles. The van der Waals surface area contributed by atoms with E-state index >= 15 is 0 Å². The Morgan fingerprint density at radius 3 is 2.26 bits per heavy atom. The predicted molar refractivity (Wildman–Crippen MR) is 98.9 cm³/mol. The molecule has 8 heteroatoms. The van der Waals surface area contributed by atoms with Crippen LogP contribution in [0.3, 0.4) is 0 Å². The number of carbonyl (C=O) groups is 2. The monoisotopic (exact) mass is 402 g/mol. The number of nitrogens with zero attached hydrogens (tertiary/aromatic N) is 4. The molecule has 3 aromatic rings. The second-order valence-electron chi connectivity index (χ2n) is 6.02. The van der Waals surface area contributed by atoms with Crippen molar-refractivity contribution in [1.82, 2.24) is 19.7 Å². The standard InChI is InChI=1S/C19H16N4O2S.K/c1-2-10-22-15(20-21-19(22)26)9-11-23-17(24)13-7-3-5-12-6-4-8-14(16(12)13)18(23)25;/h2-8H,1,9-11H2,(H,21,26);/q;+1/p-1. The zero-order chi connectivity index (χ0) is 18.3. The van der Waals surface area contributed by atoms with E-state index in [-0.39, 0.29) is 69.7 Å². The maximum atomic E-state index is 12.9. The van der Waals surface area contributed by atoms with Crippen LogP contribution in [0.25, 0.3) is 10.8 Å². The maximum Gasteiger partial charge on any atom is 1.00 e. The molecule has 2 amide bonds. The third-order valence-corrected chi connectivity index (χ3v) is 4.82. The molecule has 1 aliphatic heterocycles. The minimum atomic E-state index is -0.285. The number of imide groups is 1. The summed E-state index contributed by atoms with van der Waals surface area (Å²) in [7, 11) is 0. The summed E-state index contributed by atoms with van der Waals surface area (Å²) in [5.41, 5.74) is 1.10. The van der Waals surface area contributed by atoms with Crippen molar-refractivity contribution in [1.29, 1.82) is 0 Å². The second-order valence-corrected chi connectivity index (χ2v) is 6.38. The van der Waals surface area contributed by atoms with Crippen LogP contribution in [0.15, 0.2) is 54.2 Å². The maximum absolute atomic E-state index is 12.9. The van der Waals surface area contributed by atoms with Crippen LogP contribution >= 0.6 is 0 Å². The number of hydrogen-bond donors (Lipinski definition) is 0. The van der Waals surface area contributed by atoms with E-state index in [0.29, 0.717) is 35.1 Å². The molecule has 0 spiro atoms. The molecule has 27 heavy (non-hydrogen) atoms.